The second-order valence-electron chi connectivity index (χ2n) is 6.68. The first-order chi connectivity index (χ1) is 12.6. The largest absolute Gasteiger partial charge is 0.322 e. The minimum atomic E-state index is -0.426. The van der Waals surface area contributed by atoms with Gasteiger partial charge in [0, 0.05) is 12.3 Å². The van der Waals surface area contributed by atoms with Gasteiger partial charge in [0.05, 0.1) is 5.69 Å². The van der Waals surface area contributed by atoms with Crippen molar-refractivity contribution in [2.45, 2.75) is 42.7 Å². The number of benzene rings is 2. The number of amides is 2. The van der Waals surface area contributed by atoms with E-state index in [1.807, 2.05) is 42.1 Å². The van der Waals surface area contributed by atoms with E-state index in [1.54, 1.807) is 30.1 Å². The van der Waals surface area contributed by atoms with Gasteiger partial charge in [0.1, 0.15) is 11.2 Å². The fraction of sp³-hybridized carbons (Fsp3) is 0.381. The van der Waals surface area contributed by atoms with E-state index in [0.29, 0.717) is 5.25 Å². The van der Waals surface area contributed by atoms with Crippen LogP contribution in [0.15, 0.2) is 54.6 Å². The Kier molecular flexibility index (Phi) is 6.56. The Morgan fingerprint density at radius 2 is 1.73 bits per heavy atom. The minimum Gasteiger partial charge on any atom is -0.311 e. The molecule has 3 nitrogen and oxygen atoms in total. The maximum absolute atomic E-state index is 13.9. The van der Waals surface area contributed by atoms with E-state index < -0.39 is 5.82 Å². The third-order valence-electron chi connectivity index (χ3n) is 4.75. The summed E-state index contributed by atoms with van der Waals surface area (Å²) in [6, 6.07) is 16.0. The first kappa shape index (κ1) is 18.8. The molecule has 0 radical (unpaired) electrons. The molecule has 1 aliphatic rings. The third-order valence-corrected chi connectivity index (χ3v) is 6.45. The molecule has 0 saturated heterocycles. The lowest BCUT2D eigenvalue weighted by Gasteiger charge is -2.32. The maximum Gasteiger partial charge on any atom is 0.322 e. The molecular formula is C21H25FN2OS. The minimum absolute atomic E-state index is 0.0916. The van der Waals surface area contributed by atoms with E-state index in [2.05, 4.69) is 5.32 Å². The SMILES string of the molecule is CN(C(=O)Nc1ccccc1F)C(SC1CCCCC1)c1ccccc1. The highest BCUT2D eigenvalue weighted by Crippen LogP contribution is 2.40. The number of hydrogen-bond donors (Lipinski definition) is 1. The van der Waals surface area contributed by atoms with Crippen molar-refractivity contribution in [3.63, 3.8) is 0 Å². The van der Waals surface area contributed by atoms with Crippen LogP contribution in [0.4, 0.5) is 14.9 Å². The molecule has 26 heavy (non-hydrogen) atoms. The molecule has 1 aliphatic carbocycles. The van der Waals surface area contributed by atoms with Crippen molar-refractivity contribution < 1.29 is 9.18 Å². The molecule has 0 aliphatic heterocycles. The fourth-order valence-electron chi connectivity index (χ4n) is 3.27. The normalized spacial score (nSPS) is 16.1. The number of rotatable bonds is 5. The van der Waals surface area contributed by atoms with Crippen molar-refractivity contribution in [2.24, 2.45) is 0 Å². The molecule has 1 fully saturated rings. The Hall–Kier alpha value is -2.01. The Morgan fingerprint density at radius 3 is 2.42 bits per heavy atom. The quantitative estimate of drug-likeness (QED) is 0.648. The van der Waals surface area contributed by atoms with Crippen LogP contribution in [0.1, 0.15) is 43.0 Å². The molecule has 0 aromatic heterocycles. The topological polar surface area (TPSA) is 32.3 Å². The van der Waals surface area contributed by atoms with E-state index in [1.165, 1.54) is 38.2 Å². The van der Waals surface area contributed by atoms with Crippen LogP contribution in [0.5, 0.6) is 0 Å². The van der Waals surface area contributed by atoms with Crippen molar-refractivity contribution in [3.05, 3.63) is 66.0 Å². The van der Waals surface area contributed by atoms with Crippen LogP contribution in [0.25, 0.3) is 0 Å². The van der Waals surface area contributed by atoms with Crippen LogP contribution >= 0.6 is 11.8 Å². The summed E-state index contributed by atoms with van der Waals surface area (Å²) in [5, 5.41) is 3.16. The first-order valence-corrected chi connectivity index (χ1v) is 10.1. The molecule has 1 unspecified atom stereocenters. The van der Waals surface area contributed by atoms with Gasteiger partial charge in [-0.1, -0.05) is 61.7 Å². The number of anilines is 1. The molecule has 2 amide bonds. The summed E-state index contributed by atoms with van der Waals surface area (Å²) in [6.07, 6.45) is 6.19. The number of nitrogens with one attached hydrogen (secondary N) is 1. The summed E-state index contributed by atoms with van der Waals surface area (Å²) in [6.45, 7) is 0. The Morgan fingerprint density at radius 1 is 1.08 bits per heavy atom. The zero-order chi connectivity index (χ0) is 18.4. The Labute approximate surface area is 159 Å². The Bertz CT molecular complexity index is 719. The lowest BCUT2D eigenvalue weighted by molar-refractivity contribution is 0.219. The summed E-state index contributed by atoms with van der Waals surface area (Å²) in [5.74, 6) is -0.426. The second kappa shape index (κ2) is 9.08. The molecule has 3 rings (SSSR count). The average molecular weight is 373 g/mol. The number of carbonyl (C=O) groups is 1. The van der Waals surface area contributed by atoms with Crippen molar-refractivity contribution in [1.29, 1.82) is 0 Å². The number of nitrogens with zero attached hydrogens (tertiary/aromatic N) is 1. The molecule has 1 saturated carbocycles. The third kappa shape index (κ3) is 4.79. The Balaban J connectivity index is 1.76. The summed E-state index contributed by atoms with van der Waals surface area (Å²) in [4.78, 5) is 14.4. The zero-order valence-corrected chi connectivity index (χ0v) is 15.8. The number of hydrogen-bond acceptors (Lipinski definition) is 2. The van der Waals surface area contributed by atoms with E-state index in [0.717, 1.165) is 5.56 Å². The van der Waals surface area contributed by atoms with Crippen LogP contribution in [-0.4, -0.2) is 23.2 Å². The van der Waals surface area contributed by atoms with Gasteiger partial charge in [-0.2, -0.15) is 0 Å². The van der Waals surface area contributed by atoms with E-state index >= 15 is 0 Å². The summed E-state index contributed by atoms with van der Waals surface area (Å²) in [5.41, 5.74) is 1.30. The van der Waals surface area contributed by atoms with Crippen molar-refractivity contribution in [2.75, 3.05) is 12.4 Å². The molecule has 0 heterocycles. The predicted molar refractivity (Wildman–Crippen MR) is 107 cm³/mol. The van der Waals surface area contributed by atoms with Crippen molar-refractivity contribution in [3.8, 4) is 0 Å². The van der Waals surface area contributed by atoms with Gasteiger partial charge in [0.15, 0.2) is 0 Å². The summed E-state index contributed by atoms with van der Waals surface area (Å²) in [7, 11) is 1.78. The van der Waals surface area contributed by atoms with E-state index in [-0.39, 0.29) is 17.1 Å². The van der Waals surface area contributed by atoms with Gasteiger partial charge in [-0.15, -0.1) is 11.8 Å². The average Bonchev–Trinajstić information content (AvgIpc) is 2.69. The van der Waals surface area contributed by atoms with E-state index in [9.17, 15) is 9.18 Å². The number of halogens is 1. The van der Waals surface area contributed by atoms with Gasteiger partial charge < -0.3 is 10.2 Å². The number of carbonyl (C=O) groups excluding carboxylic acids is 1. The fourth-order valence-corrected chi connectivity index (χ4v) is 4.83. The summed E-state index contributed by atoms with van der Waals surface area (Å²) < 4.78 is 13.9. The second-order valence-corrected chi connectivity index (χ2v) is 8.07. The van der Waals surface area contributed by atoms with Gasteiger partial charge in [-0.25, -0.2) is 9.18 Å². The first-order valence-electron chi connectivity index (χ1n) is 9.14. The molecule has 1 N–H and O–H groups in total. The zero-order valence-electron chi connectivity index (χ0n) is 15.0. The van der Waals surface area contributed by atoms with Gasteiger partial charge in [-0.05, 0) is 30.5 Å². The number of thioether (sulfide) groups is 1. The monoisotopic (exact) mass is 372 g/mol. The van der Waals surface area contributed by atoms with E-state index in [4.69, 9.17) is 0 Å². The van der Waals surface area contributed by atoms with Gasteiger partial charge in [0.25, 0.3) is 0 Å². The highest BCUT2D eigenvalue weighted by molar-refractivity contribution is 8.00. The standard InChI is InChI=1S/C21H25FN2OS/c1-24(21(25)23-19-15-9-8-14-18(19)22)20(16-10-4-2-5-11-16)26-17-12-6-3-7-13-17/h2,4-5,8-11,14-15,17,20H,3,6-7,12-13H2,1H3,(H,23,25). The number of para-hydroxylation sites is 1. The van der Waals surface area contributed by atoms with Gasteiger partial charge >= 0.3 is 6.03 Å². The molecule has 5 heteroatoms. The van der Waals surface area contributed by atoms with Crippen LogP contribution in [0, 0.1) is 5.82 Å². The predicted octanol–water partition coefficient (Wildman–Crippen LogP) is 6.05. The smallest absolute Gasteiger partial charge is 0.311 e. The molecule has 2 aromatic carbocycles. The lowest BCUT2D eigenvalue weighted by Crippen LogP contribution is -2.34. The number of urea groups is 1. The molecule has 0 spiro atoms. The van der Waals surface area contributed by atoms with Crippen LogP contribution in [-0.2, 0) is 0 Å². The summed E-state index contributed by atoms with van der Waals surface area (Å²) >= 11 is 1.84. The van der Waals surface area contributed by atoms with Crippen molar-refractivity contribution >= 4 is 23.5 Å². The van der Waals surface area contributed by atoms with Crippen LogP contribution in [0.3, 0.4) is 0 Å². The van der Waals surface area contributed by atoms with Crippen LogP contribution in [0.2, 0.25) is 0 Å². The highest BCUT2D eigenvalue weighted by atomic mass is 32.2. The molecule has 2 aromatic rings. The molecule has 1 atom stereocenters. The maximum atomic E-state index is 13.9. The van der Waals surface area contributed by atoms with Crippen molar-refractivity contribution in [1.82, 2.24) is 4.90 Å². The molecular weight excluding hydrogens is 347 g/mol. The lowest BCUT2D eigenvalue weighted by atomic mass is 10.0. The highest BCUT2D eigenvalue weighted by Gasteiger charge is 2.27. The molecule has 138 valence electrons. The van der Waals surface area contributed by atoms with Crippen LogP contribution < -0.4 is 5.32 Å². The van der Waals surface area contributed by atoms with Gasteiger partial charge in [-0.3, -0.25) is 0 Å². The molecule has 0 bridgehead atoms. The van der Waals surface area contributed by atoms with Gasteiger partial charge in [0.2, 0.25) is 0 Å².